The lowest BCUT2D eigenvalue weighted by molar-refractivity contribution is -0.0447. The molecule has 0 radical (unpaired) electrons. The lowest BCUT2D eigenvalue weighted by Crippen LogP contribution is -2.46. The second kappa shape index (κ2) is 9.25. The van der Waals surface area contributed by atoms with Gasteiger partial charge in [-0.25, -0.2) is 0 Å². The number of rotatable bonds is 7. The first kappa shape index (κ1) is 19.7. The molecule has 4 rings (SSSR count). The van der Waals surface area contributed by atoms with Gasteiger partial charge in [-0.1, -0.05) is 6.42 Å². The number of carbonyl (C=O) groups excluding carboxylic acids is 1. The Balaban J connectivity index is 1.19. The highest BCUT2D eigenvalue weighted by atomic mass is 16.5. The van der Waals surface area contributed by atoms with E-state index in [0.29, 0.717) is 31.9 Å². The maximum Gasteiger partial charge on any atom is 0.254 e. The van der Waals surface area contributed by atoms with Gasteiger partial charge in [0.15, 0.2) is 0 Å². The lowest BCUT2D eigenvalue weighted by Gasteiger charge is -2.32. The Hall–Kier alpha value is -1.63. The molecule has 1 saturated carbocycles. The zero-order chi connectivity index (χ0) is 19.3. The average molecular weight is 389 g/mol. The molecule has 2 aliphatic heterocycles. The maximum absolute atomic E-state index is 12.6. The third-order valence-corrected chi connectivity index (χ3v) is 6.42. The largest absolute Gasteiger partial charge is 0.494 e. The molecule has 1 amide bonds. The third kappa shape index (κ3) is 4.67. The van der Waals surface area contributed by atoms with Crippen LogP contribution in [0.4, 0.5) is 0 Å². The zero-order valence-electron chi connectivity index (χ0n) is 16.6. The molecule has 2 saturated heterocycles. The molecule has 6 nitrogen and oxygen atoms in total. The maximum atomic E-state index is 12.6. The van der Waals surface area contributed by atoms with Crippen molar-refractivity contribution in [1.29, 1.82) is 0 Å². The fourth-order valence-electron chi connectivity index (χ4n) is 4.88. The van der Waals surface area contributed by atoms with Gasteiger partial charge in [0.1, 0.15) is 5.75 Å². The minimum atomic E-state index is -0.282. The number of benzene rings is 1. The van der Waals surface area contributed by atoms with Crippen LogP contribution in [0.25, 0.3) is 0 Å². The van der Waals surface area contributed by atoms with Crippen molar-refractivity contribution in [3.8, 4) is 5.75 Å². The van der Waals surface area contributed by atoms with Gasteiger partial charge in [-0.2, -0.15) is 0 Å². The predicted octanol–water partition coefficient (Wildman–Crippen LogP) is 2.02. The SMILES string of the molecule is O=C(c1ccc(OCCCN2CC3CCCC3C2)cc1)N1CCOC(CO)C1. The third-order valence-electron chi connectivity index (χ3n) is 6.42. The summed E-state index contributed by atoms with van der Waals surface area (Å²) in [5.41, 5.74) is 0.648. The van der Waals surface area contributed by atoms with Crippen LogP contribution in [0.2, 0.25) is 0 Å². The molecule has 154 valence electrons. The molecule has 6 heteroatoms. The van der Waals surface area contributed by atoms with Crippen molar-refractivity contribution in [2.45, 2.75) is 31.8 Å². The fraction of sp³-hybridized carbons (Fsp3) is 0.682. The normalized spacial score (nSPS) is 27.8. The van der Waals surface area contributed by atoms with Crippen LogP contribution in [0, 0.1) is 11.8 Å². The van der Waals surface area contributed by atoms with E-state index in [1.807, 2.05) is 24.3 Å². The second-order valence-corrected chi connectivity index (χ2v) is 8.36. The first-order valence-electron chi connectivity index (χ1n) is 10.7. The quantitative estimate of drug-likeness (QED) is 0.724. The number of hydrogen-bond acceptors (Lipinski definition) is 5. The molecule has 1 aromatic carbocycles. The molecule has 3 atom stereocenters. The molecule has 3 fully saturated rings. The number of fused-ring (bicyclic) bond motifs is 1. The number of morpholine rings is 1. The summed E-state index contributed by atoms with van der Waals surface area (Å²) in [6.07, 6.45) is 5.03. The van der Waals surface area contributed by atoms with Gasteiger partial charge in [-0.05, 0) is 55.4 Å². The summed E-state index contributed by atoms with van der Waals surface area (Å²) in [7, 11) is 0. The van der Waals surface area contributed by atoms with Crippen LogP contribution in [-0.4, -0.2) is 79.5 Å². The van der Waals surface area contributed by atoms with Crippen molar-refractivity contribution in [3.63, 3.8) is 0 Å². The van der Waals surface area contributed by atoms with Crippen LogP contribution in [0.5, 0.6) is 5.75 Å². The monoisotopic (exact) mass is 388 g/mol. The van der Waals surface area contributed by atoms with Gasteiger partial charge in [-0.3, -0.25) is 4.79 Å². The fourth-order valence-corrected chi connectivity index (χ4v) is 4.88. The number of ether oxygens (including phenoxy) is 2. The van der Waals surface area contributed by atoms with E-state index in [2.05, 4.69) is 4.90 Å². The predicted molar refractivity (Wildman–Crippen MR) is 107 cm³/mol. The Bertz CT molecular complexity index is 638. The highest BCUT2D eigenvalue weighted by Gasteiger charge is 2.35. The Kier molecular flexibility index (Phi) is 6.50. The number of nitrogens with zero attached hydrogens (tertiary/aromatic N) is 2. The van der Waals surface area contributed by atoms with Gasteiger partial charge in [0.25, 0.3) is 5.91 Å². The van der Waals surface area contributed by atoms with E-state index in [9.17, 15) is 9.90 Å². The smallest absolute Gasteiger partial charge is 0.254 e. The first-order chi connectivity index (χ1) is 13.7. The van der Waals surface area contributed by atoms with E-state index in [1.165, 1.54) is 32.4 Å². The van der Waals surface area contributed by atoms with Crippen molar-refractivity contribution < 1.29 is 19.4 Å². The Morgan fingerprint density at radius 2 is 1.89 bits per heavy atom. The average Bonchev–Trinajstić information content (AvgIpc) is 3.33. The van der Waals surface area contributed by atoms with Gasteiger partial charge in [0, 0.05) is 38.3 Å². The minimum absolute atomic E-state index is 0.0205. The van der Waals surface area contributed by atoms with Gasteiger partial charge in [-0.15, -0.1) is 0 Å². The van der Waals surface area contributed by atoms with Crippen molar-refractivity contribution in [2.24, 2.45) is 11.8 Å². The number of aliphatic hydroxyl groups is 1. The molecule has 1 N–H and O–H groups in total. The molecule has 0 spiro atoms. The van der Waals surface area contributed by atoms with E-state index in [0.717, 1.165) is 30.6 Å². The van der Waals surface area contributed by atoms with E-state index >= 15 is 0 Å². The van der Waals surface area contributed by atoms with Crippen LogP contribution in [0.15, 0.2) is 24.3 Å². The number of carbonyl (C=O) groups is 1. The van der Waals surface area contributed by atoms with Gasteiger partial charge < -0.3 is 24.4 Å². The van der Waals surface area contributed by atoms with Crippen molar-refractivity contribution in [3.05, 3.63) is 29.8 Å². The van der Waals surface area contributed by atoms with Crippen LogP contribution >= 0.6 is 0 Å². The Morgan fingerprint density at radius 3 is 2.61 bits per heavy atom. The molecule has 3 aliphatic rings. The number of likely N-dealkylation sites (tertiary alicyclic amines) is 1. The lowest BCUT2D eigenvalue weighted by atomic mass is 10.0. The molecular weight excluding hydrogens is 356 g/mol. The summed E-state index contributed by atoms with van der Waals surface area (Å²) in [6, 6.07) is 7.39. The van der Waals surface area contributed by atoms with Crippen LogP contribution in [0.1, 0.15) is 36.0 Å². The van der Waals surface area contributed by atoms with Crippen molar-refractivity contribution >= 4 is 5.91 Å². The summed E-state index contributed by atoms with van der Waals surface area (Å²) in [6.45, 7) is 5.79. The van der Waals surface area contributed by atoms with E-state index in [4.69, 9.17) is 9.47 Å². The summed E-state index contributed by atoms with van der Waals surface area (Å²) in [5, 5.41) is 9.23. The molecule has 0 aromatic heterocycles. The first-order valence-corrected chi connectivity index (χ1v) is 10.7. The van der Waals surface area contributed by atoms with Crippen LogP contribution in [0.3, 0.4) is 0 Å². The minimum Gasteiger partial charge on any atom is -0.494 e. The Morgan fingerprint density at radius 1 is 1.14 bits per heavy atom. The molecular formula is C22H32N2O4. The van der Waals surface area contributed by atoms with Gasteiger partial charge in [0.05, 0.1) is 25.9 Å². The molecule has 28 heavy (non-hydrogen) atoms. The zero-order valence-corrected chi connectivity index (χ0v) is 16.6. The molecule has 1 aliphatic carbocycles. The van der Waals surface area contributed by atoms with Gasteiger partial charge in [0.2, 0.25) is 0 Å². The highest BCUT2D eigenvalue weighted by Crippen LogP contribution is 2.37. The molecule has 0 bridgehead atoms. The highest BCUT2D eigenvalue weighted by molar-refractivity contribution is 5.94. The van der Waals surface area contributed by atoms with E-state index in [-0.39, 0.29) is 18.6 Å². The van der Waals surface area contributed by atoms with Crippen LogP contribution < -0.4 is 4.74 Å². The topological polar surface area (TPSA) is 62.2 Å². The number of hydrogen-bond donors (Lipinski definition) is 1. The van der Waals surface area contributed by atoms with E-state index in [1.54, 1.807) is 4.90 Å². The Labute approximate surface area is 167 Å². The van der Waals surface area contributed by atoms with E-state index < -0.39 is 0 Å². The number of aliphatic hydroxyl groups excluding tert-OH is 1. The van der Waals surface area contributed by atoms with Crippen LogP contribution in [-0.2, 0) is 4.74 Å². The molecule has 2 heterocycles. The van der Waals surface area contributed by atoms with Crippen molar-refractivity contribution in [2.75, 3.05) is 52.5 Å². The summed E-state index contributed by atoms with van der Waals surface area (Å²) < 4.78 is 11.3. The summed E-state index contributed by atoms with van der Waals surface area (Å²) in [4.78, 5) is 16.9. The summed E-state index contributed by atoms with van der Waals surface area (Å²) >= 11 is 0. The standard InChI is InChI=1S/C22H32N2O4/c25-16-21-15-24(10-12-28-21)22(26)17-5-7-20(8-6-17)27-11-2-9-23-13-18-3-1-4-19(18)14-23/h5-8,18-19,21,25H,1-4,9-16H2. The number of amides is 1. The van der Waals surface area contributed by atoms with Gasteiger partial charge >= 0.3 is 0 Å². The molecule has 3 unspecified atom stereocenters. The van der Waals surface area contributed by atoms with Crippen molar-refractivity contribution in [1.82, 2.24) is 9.80 Å². The summed E-state index contributed by atoms with van der Waals surface area (Å²) in [5.74, 6) is 2.69. The second-order valence-electron chi connectivity index (χ2n) is 8.36. The molecule has 1 aromatic rings.